The average Bonchev–Trinajstić information content (AvgIpc) is 2.68. The van der Waals surface area contributed by atoms with Crippen molar-refractivity contribution in [3.8, 4) is 11.3 Å². The number of carbonyl (C=O) groups is 1. The normalized spacial score (nSPS) is 10.8. The summed E-state index contributed by atoms with van der Waals surface area (Å²) in [5.41, 5.74) is 4.42. The monoisotopic (exact) mass is 369 g/mol. The summed E-state index contributed by atoms with van der Waals surface area (Å²) in [7, 11) is 0. The van der Waals surface area contributed by atoms with Crippen molar-refractivity contribution >= 4 is 22.6 Å². The quantitative estimate of drug-likeness (QED) is 0.531. The topological polar surface area (TPSA) is 59.3 Å². The van der Waals surface area contributed by atoms with Crippen LogP contribution in [0.5, 0.6) is 0 Å². The summed E-state index contributed by atoms with van der Waals surface area (Å²) in [6.45, 7) is 3.93. The van der Waals surface area contributed by atoms with E-state index in [-0.39, 0.29) is 11.3 Å². The van der Waals surface area contributed by atoms with Crippen molar-refractivity contribution in [3.05, 3.63) is 99.7 Å². The summed E-state index contributed by atoms with van der Waals surface area (Å²) in [6.07, 6.45) is 0. The van der Waals surface area contributed by atoms with E-state index >= 15 is 0 Å². The molecule has 4 rings (SSSR count). The predicted molar refractivity (Wildman–Crippen MR) is 112 cm³/mol. The first-order valence-electron chi connectivity index (χ1n) is 9.02. The molecule has 1 amide bonds. The maximum absolute atomic E-state index is 12.6. The number of carbonyl (C=O) groups excluding carboxylic acids is 1. The Morgan fingerprint density at radius 3 is 2.36 bits per heavy atom. The van der Waals surface area contributed by atoms with Crippen LogP contribution in [-0.2, 0) is 0 Å². The van der Waals surface area contributed by atoms with Crippen molar-refractivity contribution in [2.24, 2.45) is 0 Å². The van der Waals surface area contributed by atoms with Crippen LogP contribution in [0.2, 0.25) is 0 Å². The fraction of sp³-hybridized carbons (Fsp3) is 0.0833. The lowest BCUT2D eigenvalue weighted by atomic mass is 10.1. The van der Waals surface area contributed by atoms with Crippen molar-refractivity contribution in [1.82, 2.24) is 0 Å². The van der Waals surface area contributed by atoms with E-state index < -0.39 is 0 Å². The zero-order valence-corrected chi connectivity index (χ0v) is 15.7. The number of rotatable bonds is 3. The molecular weight excluding hydrogens is 350 g/mol. The van der Waals surface area contributed by atoms with Gasteiger partial charge in [0.05, 0.1) is 5.39 Å². The van der Waals surface area contributed by atoms with Crippen LogP contribution in [0.15, 0.2) is 82.0 Å². The molecule has 1 N–H and O–H groups in total. The molecule has 0 radical (unpaired) electrons. The van der Waals surface area contributed by atoms with Crippen molar-refractivity contribution < 1.29 is 9.21 Å². The average molecular weight is 369 g/mol. The molecule has 4 aromatic rings. The number of anilines is 1. The van der Waals surface area contributed by atoms with Crippen LogP contribution >= 0.6 is 0 Å². The van der Waals surface area contributed by atoms with Gasteiger partial charge in [-0.05, 0) is 50.2 Å². The van der Waals surface area contributed by atoms with Crippen molar-refractivity contribution in [1.29, 1.82) is 0 Å². The Morgan fingerprint density at radius 1 is 0.857 bits per heavy atom. The molecule has 0 bridgehead atoms. The molecule has 4 nitrogen and oxygen atoms in total. The first-order chi connectivity index (χ1) is 13.5. The van der Waals surface area contributed by atoms with Gasteiger partial charge in [0.1, 0.15) is 11.3 Å². The Labute approximate surface area is 162 Å². The van der Waals surface area contributed by atoms with Gasteiger partial charge in [-0.25, -0.2) is 0 Å². The highest BCUT2D eigenvalue weighted by Gasteiger charge is 2.10. The lowest BCUT2D eigenvalue weighted by Crippen LogP contribution is -2.12. The van der Waals surface area contributed by atoms with Gasteiger partial charge in [-0.2, -0.15) is 0 Å². The molecule has 138 valence electrons. The van der Waals surface area contributed by atoms with E-state index in [0.717, 1.165) is 16.7 Å². The van der Waals surface area contributed by atoms with Crippen LogP contribution in [0.3, 0.4) is 0 Å². The molecule has 0 spiro atoms. The minimum Gasteiger partial charge on any atom is -0.456 e. The molecule has 1 aromatic heterocycles. The van der Waals surface area contributed by atoms with Crippen LogP contribution in [0.4, 0.5) is 5.69 Å². The molecule has 0 aliphatic rings. The lowest BCUT2D eigenvalue weighted by Gasteiger charge is -2.08. The summed E-state index contributed by atoms with van der Waals surface area (Å²) in [5.74, 6) is 0.307. The number of amides is 1. The number of benzene rings is 3. The van der Waals surface area contributed by atoms with E-state index in [9.17, 15) is 9.59 Å². The maximum Gasteiger partial charge on any atom is 0.255 e. The van der Waals surface area contributed by atoms with Crippen LogP contribution in [0.1, 0.15) is 21.5 Å². The Hall–Kier alpha value is -3.66. The minimum absolute atomic E-state index is 0.149. The summed E-state index contributed by atoms with van der Waals surface area (Å²) >= 11 is 0. The van der Waals surface area contributed by atoms with Crippen molar-refractivity contribution in [3.63, 3.8) is 0 Å². The number of aryl methyl sites for hydroxylation is 2. The number of hydrogen-bond donors (Lipinski definition) is 1. The van der Waals surface area contributed by atoms with E-state index in [4.69, 9.17) is 4.42 Å². The van der Waals surface area contributed by atoms with Gasteiger partial charge in [-0.1, -0.05) is 41.5 Å². The smallest absolute Gasteiger partial charge is 0.255 e. The molecule has 3 aromatic carbocycles. The van der Waals surface area contributed by atoms with Crippen LogP contribution in [-0.4, -0.2) is 5.91 Å². The fourth-order valence-corrected chi connectivity index (χ4v) is 3.16. The molecule has 0 aliphatic carbocycles. The second-order valence-electron chi connectivity index (χ2n) is 6.88. The van der Waals surface area contributed by atoms with Crippen LogP contribution in [0.25, 0.3) is 22.3 Å². The number of nitrogens with one attached hydrogen (secondary N) is 1. The molecule has 0 saturated heterocycles. The van der Waals surface area contributed by atoms with Crippen LogP contribution in [0, 0.1) is 13.8 Å². The second-order valence-corrected chi connectivity index (χ2v) is 6.88. The summed E-state index contributed by atoms with van der Waals surface area (Å²) in [6, 6.07) is 21.7. The summed E-state index contributed by atoms with van der Waals surface area (Å²) < 4.78 is 5.93. The Morgan fingerprint density at radius 2 is 1.61 bits per heavy atom. The van der Waals surface area contributed by atoms with Gasteiger partial charge in [-0.3, -0.25) is 9.59 Å². The van der Waals surface area contributed by atoms with E-state index in [1.54, 1.807) is 24.3 Å². The highest BCUT2D eigenvalue weighted by atomic mass is 16.3. The van der Waals surface area contributed by atoms with Gasteiger partial charge in [-0.15, -0.1) is 0 Å². The summed E-state index contributed by atoms with van der Waals surface area (Å²) in [4.78, 5) is 25.1. The second kappa shape index (κ2) is 7.16. The van der Waals surface area contributed by atoms with Crippen molar-refractivity contribution in [2.75, 3.05) is 5.32 Å². The molecule has 0 atom stereocenters. The fourth-order valence-electron chi connectivity index (χ4n) is 3.16. The van der Waals surface area contributed by atoms with E-state index in [1.165, 1.54) is 6.07 Å². The zero-order valence-electron chi connectivity index (χ0n) is 15.7. The van der Waals surface area contributed by atoms with Gasteiger partial charge in [0.25, 0.3) is 5.91 Å². The van der Waals surface area contributed by atoms with Crippen LogP contribution < -0.4 is 10.7 Å². The van der Waals surface area contributed by atoms with Crippen molar-refractivity contribution in [2.45, 2.75) is 13.8 Å². The van der Waals surface area contributed by atoms with Gasteiger partial charge < -0.3 is 9.73 Å². The van der Waals surface area contributed by atoms with Gasteiger partial charge >= 0.3 is 0 Å². The Bertz CT molecular complexity index is 1250. The number of hydrogen-bond acceptors (Lipinski definition) is 3. The minimum atomic E-state index is -0.219. The van der Waals surface area contributed by atoms with E-state index in [0.29, 0.717) is 28.0 Å². The molecule has 0 unspecified atom stereocenters. The molecule has 28 heavy (non-hydrogen) atoms. The Balaban J connectivity index is 1.68. The highest BCUT2D eigenvalue weighted by Crippen LogP contribution is 2.24. The molecule has 0 aliphatic heterocycles. The van der Waals surface area contributed by atoms with E-state index in [2.05, 4.69) is 5.32 Å². The standard InChI is InChI=1S/C24H19NO3/c1-15-5-3-7-17(11-15)23-14-21(26)20-13-19(9-10-22(20)28-23)25-24(27)18-8-4-6-16(2)12-18/h3-14H,1-2H3,(H,25,27). The zero-order chi connectivity index (χ0) is 19.7. The van der Waals surface area contributed by atoms with Gasteiger partial charge in [0.15, 0.2) is 5.43 Å². The first kappa shape index (κ1) is 17.7. The SMILES string of the molecule is Cc1cccc(C(=O)Nc2ccc3oc(-c4cccc(C)c4)cc(=O)c3c2)c1. The summed E-state index contributed by atoms with van der Waals surface area (Å²) in [5, 5.41) is 3.27. The largest absolute Gasteiger partial charge is 0.456 e. The molecule has 0 saturated carbocycles. The van der Waals surface area contributed by atoms with E-state index in [1.807, 2.05) is 56.3 Å². The van der Waals surface area contributed by atoms with Gasteiger partial charge in [0.2, 0.25) is 0 Å². The third kappa shape index (κ3) is 3.58. The molecule has 4 heteroatoms. The molecule has 1 heterocycles. The molecular formula is C24H19NO3. The first-order valence-corrected chi connectivity index (χ1v) is 9.02. The Kier molecular flexibility index (Phi) is 4.53. The maximum atomic E-state index is 12.6. The predicted octanol–water partition coefficient (Wildman–Crippen LogP) is 5.33. The molecule has 0 fully saturated rings. The lowest BCUT2D eigenvalue weighted by molar-refractivity contribution is 0.102. The number of fused-ring (bicyclic) bond motifs is 1. The third-order valence-corrected chi connectivity index (χ3v) is 4.57. The highest BCUT2D eigenvalue weighted by molar-refractivity contribution is 6.05. The third-order valence-electron chi connectivity index (χ3n) is 4.57. The van der Waals surface area contributed by atoms with Gasteiger partial charge in [0, 0.05) is 22.9 Å².